The number of rotatable bonds is 5. The van der Waals surface area contributed by atoms with E-state index in [2.05, 4.69) is 0 Å². The van der Waals surface area contributed by atoms with Gasteiger partial charge in [0.25, 0.3) is 0 Å². The molecule has 0 aromatic rings. The van der Waals surface area contributed by atoms with Crippen LogP contribution in [0.4, 0.5) is 0 Å². The van der Waals surface area contributed by atoms with E-state index in [-0.39, 0.29) is 36.4 Å². The normalized spacial score (nSPS) is 47.2. The smallest absolute Gasteiger partial charge is 0.159 e. The Morgan fingerprint density at radius 1 is 1.06 bits per heavy atom. The van der Waals surface area contributed by atoms with Crippen LogP contribution < -0.4 is 0 Å². The van der Waals surface area contributed by atoms with Gasteiger partial charge >= 0.3 is 0 Å². The number of aliphatic hydroxyl groups is 6. The molecule has 0 aliphatic heterocycles. The second-order valence-corrected chi connectivity index (χ2v) is 13.2. The van der Waals surface area contributed by atoms with E-state index in [9.17, 15) is 35.4 Å². The number of ketones is 1. The highest BCUT2D eigenvalue weighted by atomic mass is 16.3. The predicted molar refractivity (Wildman–Crippen MR) is 127 cm³/mol. The molecule has 4 aliphatic rings. The fourth-order valence-corrected chi connectivity index (χ4v) is 8.32. The van der Waals surface area contributed by atoms with Crippen molar-refractivity contribution in [1.82, 2.24) is 0 Å². The molecule has 0 aromatic carbocycles. The molecule has 4 aliphatic carbocycles. The number of allylic oxidation sites excluding steroid dienone is 1. The maximum absolute atomic E-state index is 13.2. The molecule has 0 radical (unpaired) electrons. The summed E-state index contributed by atoms with van der Waals surface area (Å²) in [5.41, 5.74) is -4.27. The highest BCUT2D eigenvalue weighted by molar-refractivity contribution is 5.95. The molecule has 3 fully saturated rings. The van der Waals surface area contributed by atoms with E-state index in [1.54, 1.807) is 26.8 Å². The molecule has 7 heteroatoms. The minimum atomic E-state index is -1.46. The van der Waals surface area contributed by atoms with Crippen molar-refractivity contribution in [2.45, 2.75) is 121 Å². The van der Waals surface area contributed by atoms with Crippen LogP contribution in [0.15, 0.2) is 11.6 Å². The summed E-state index contributed by atoms with van der Waals surface area (Å²) in [6.45, 7) is 8.96. The third-order valence-corrected chi connectivity index (χ3v) is 10.5. The van der Waals surface area contributed by atoms with Gasteiger partial charge < -0.3 is 30.6 Å². The molecule has 0 aromatic heterocycles. The van der Waals surface area contributed by atoms with Gasteiger partial charge in [0.1, 0.15) is 0 Å². The molecule has 0 saturated heterocycles. The SMILES string of the molecule is CC(C)(O)CCC(O)[C@@](C)(O)[C@H]1CC[C@@]2(O)C3=CC(=O)[C@@H]4C[C@@H](O)[C@@H](O)C[C@]4(C)[C@H]3CC[C@]12C. The largest absolute Gasteiger partial charge is 0.390 e. The van der Waals surface area contributed by atoms with Crippen LogP contribution in [-0.2, 0) is 4.79 Å². The Morgan fingerprint density at radius 2 is 1.71 bits per heavy atom. The average molecular weight is 481 g/mol. The van der Waals surface area contributed by atoms with Crippen molar-refractivity contribution in [3.63, 3.8) is 0 Å². The van der Waals surface area contributed by atoms with Crippen molar-refractivity contribution >= 4 is 5.78 Å². The number of hydrogen-bond acceptors (Lipinski definition) is 7. The number of aliphatic hydroxyl groups excluding tert-OH is 3. The third kappa shape index (κ3) is 3.73. The molecule has 0 amide bonds. The zero-order valence-corrected chi connectivity index (χ0v) is 21.3. The van der Waals surface area contributed by atoms with E-state index >= 15 is 0 Å². The summed E-state index contributed by atoms with van der Waals surface area (Å²) < 4.78 is 0. The molecular weight excluding hydrogens is 436 g/mol. The molecule has 10 atom stereocenters. The monoisotopic (exact) mass is 480 g/mol. The van der Waals surface area contributed by atoms with Crippen molar-refractivity contribution in [2.24, 2.45) is 28.6 Å². The Morgan fingerprint density at radius 3 is 2.32 bits per heavy atom. The van der Waals surface area contributed by atoms with Gasteiger partial charge in [-0.15, -0.1) is 0 Å². The van der Waals surface area contributed by atoms with Crippen LogP contribution in [-0.4, -0.2) is 71.5 Å². The van der Waals surface area contributed by atoms with Gasteiger partial charge in [-0.3, -0.25) is 4.79 Å². The fraction of sp³-hybridized carbons (Fsp3) is 0.889. The molecular formula is C27H44O7. The van der Waals surface area contributed by atoms with Crippen LogP contribution in [0, 0.1) is 28.6 Å². The molecule has 1 unspecified atom stereocenters. The number of fused-ring (bicyclic) bond motifs is 5. The molecule has 0 spiro atoms. The molecule has 7 nitrogen and oxygen atoms in total. The van der Waals surface area contributed by atoms with Gasteiger partial charge in [-0.05, 0) is 101 Å². The lowest BCUT2D eigenvalue weighted by Gasteiger charge is -2.60. The Labute approximate surface area is 202 Å². The summed E-state index contributed by atoms with van der Waals surface area (Å²) in [5.74, 6) is -0.948. The number of carbonyl (C=O) groups excluding carboxylic acids is 1. The molecule has 4 rings (SSSR count). The van der Waals surface area contributed by atoms with Crippen molar-refractivity contribution in [3.05, 3.63) is 11.6 Å². The van der Waals surface area contributed by atoms with E-state index in [1.165, 1.54) is 0 Å². The Bertz CT molecular complexity index is 860. The topological polar surface area (TPSA) is 138 Å². The zero-order chi connectivity index (χ0) is 25.5. The fourth-order valence-electron chi connectivity index (χ4n) is 8.32. The van der Waals surface area contributed by atoms with Gasteiger partial charge in [0.2, 0.25) is 0 Å². The van der Waals surface area contributed by atoms with Crippen LogP contribution >= 0.6 is 0 Å². The minimum absolute atomic E-state index is 0.0840. The van der Waals surface area contributed by atoms with Gasteiger partial charge in [-0.1, -0.05) is 13.8 Å². The molecule has 34 heavy (non-hydrogen) atoms. The molecule has 0 heterocycles. The van der Waals surface area contributed by atoms with Gasteiger partial charge in [0.05, 0.1) is 35.1 Å². The lowest BCUT2D eigenvalue weighted by molar-refractivity contribution is -0.177. The van der Waals surface area contributed by atoms with Crippen molar-refractivity contribution in [1.29, 1.82) is 0 Å². The summed E-state index contributed by atoms with van der Waals surface area (Å²) in [4.78, 5) is 13.2. The van der Waals surface area contributed by atoms with E-state index < -0.39 is 45.9 Å². The van der Waals surface area contributed by atoms with Crippen LogP contribution in [0.3, 0.4) is 0 Å². The number of hydrogen-bond donors (Lipinski definition) is 6. The van der Waals surface area contributed by atoms with Crippen molar-refractivity contribution in [3.8, 4) is 0 Å². The quantitative estimate of drug-likeness (QED) is 0.353. The van der Waals surface area contributed by atoms with Gasteiger partial charge in [-0.25, -0.2) is 0 Å². The van der Waals surface area contributed by atoms with E-state index in [1.807, 2.05) is 13.8 Å². The standard InChI is InChI=1S/C27H44O7/c1-23(2,32)9-8-22(31)26(5,33)21-7-11-27(34)16-12-18(28)17-13-19(29)20(30)14-24(17,3)15(16)6-10-25(21,27)4/h12,15,17,19-22,29-34H,6-11,13-14H2,1-5H3/t15-,17-,19+,20-,21-,22?,24+,25+,26-,27+/m0/s1. The summed E-state index contributed by atoms with van der Waals surface area (Å²) in [6.07, 6.45) is 2.11. The lowest BCUT2D eigenvalue weighted by atomic mass is 9.45. The van der Waals surface area contributed by atoms with Crippen LogP contribution in [0.2, 0.25) is 0 Å². The summed E-state index contributed by atoms with van der Waals surface area (Å²) in [7, 11) is 0. The lowest BCUT2D eigenvalue weighted by Crippen LogP contribution is -2.62. The van der Waals surface area contributed by atoms with Gasteiger partial charge in [0.15, 0.2) is 5.78 Å². The molecule has 6 N–H and O–H groups in total. The molecule has 194 valence electrons. The molecule has 3 saturated carbocycles. The van der Waals surface area contributed by atoms with E-state index in [0.717, 1.165) is 0 Å². The second kappa shape index (κ2) is 8.09. The minimum Gasteiger partial charge on any atom is -0.390 e. The first-order chi connectivity index (χ1) is 15.5. The van der Waals surface area contributed by atoms with E-state index in [0.29, 0.717) is 44.1 Å². The van der Waals surface area contributed by atoms with Crippen LogP contribution in [0.25, 0.3) is 0 Å². The van der Waals surface area contributed by atoms with E-state index in [4.69, 9.17) is 0 Å². The second-order valence-electron chi connectivity index (χ2n) is 13.2. The Balaban J connectivity index is 1.66. The maximum atomic E-state index is 13.2. The van der Waals surface area contributed by atoms with Gasteiger partial charge in [0, 0.05) is 11.3 Å². The van der Waals surface area contributed by atoms with Crippen molar-refractivity contribution in [2.75, 3.05) is 0 Å². The van der Waals surface area contributed by atoms with Crippen molar-refractivity contribution < 1.29 is 35.4 Å². The predicted octanol–water partition coefficient (Wildman–Crippen LogP) is 1.85. The first-order valence-electron chi connectivity index (χ1n) is 12.9. The van der Waals surface area contributed by atoms with Crippen LogP contribution in [0.1, 0.15) is 86.0 Å². The summed E-state index contributed by atoms with van der Waals surface area (Å²) in [5, 5.41) is 65.5. The summed E-state index contributed by atoms with van der Waals surface area (Å²) >= 11 is 0. The highest BCUT2D eigenvalue weighted by Crippen LogP contribution is 2.68. The average Bonchev–Trinajstić information content (AvgIpc) is 3.00. The molecule has 0 bridgehead atoms. The highest BCUT2D eigenvalue weighted by Gasteiger charge is 2.69. The van der Waals surface area contributed by atoms with Crippen LogP contribution in [0.5, 0.6) is 0 Å². The Hall–Kier alpha value is -0.830. The number of carbonyl (C=O) groups is 1. The maximum Gasteiger partial charge on any atom is 0.159 e. The third-order valence-electron chi connectivity index (χ3n) is 10.5. The Kier molecular flexibility index (Phi) is 6.24. The zero-order valence-electron chi connectivity index (χ0n) is 21.3. The first kappa shape index (κ1) is 26.2. The first-order valence-corrected chi connectivity index (χ1v) is 12.9. The summed E-state index contributed by atoms with van der Waals surface area (Å²) in [6, 6.07) is 0. The van der Waals surface area contributed by atoms with Gasteiger partial charge in [-0.2, -0.15) is 0 Å².